The van der Waals surface area contributed by atoms with Crippen molar-refractivity contribution >= 4 is 22.7 Å². The maximum Gasteiger partial charge on any atom is 0.192 e. The molecule has 74 valence electrons. The van der Waals surface area contributed by atoms with Crippen molar-refractivity contribution in [3.63, 3.8) is 0 Å². The number of fused-ring (bicyclic) bond motifs is 1. The number of nitrogens with zero attached hydrogens (tertiary/aromatic N) is 1. The summed E-state index contributed by atoms with van der Waals surface area (Å²) in [6.45, 7) is 2.59. The highest BCUT2D eigenvalue weighted by molar-refractivity contribution is 6.34. The van der Waals surface area contributed by atoms with Gasteiger partial charge in [-0.15, -0.1) is 0 Å². The van der Waals surface area contributed by atoms with E-state index in [1.54, 1.807) is 0 Å². The van der Waals surface area contributed by atoms with Crippen LogP contribution in [0, 0.1) is 6.92 Å². The van der Waals surface area contributed by atoms with Gasteiger partial charge in [0, 0.05) is 13.5 Å². The summed E-state index contributed by atoms with van der Waals surface area (Å²) in [5, 5.41) is 3.68. The lowest BCUT2D eigenvalue weighted by atomic mass is 10.2. The van der Waals surface area contributed by atoms with Gasteiger partial charge in [-0.1, -0.05) is 11.6 Å². The van der Waals surface area contributed by atoms with Gasteiger partial charge < -0.3 is 9.73 Å². The maximum atomic E-state index is 6.05. The third-order valence-electron chi connectivity index (χ3n) is 1.99. The molecule has 4 heteroatoms. The Morgan fingerprint density at radius 2 is 2.29 bits per heavy atom. The highest BCUT2D eigenvalue weighted by Gasteiger charge is 2.07. The molecule has 14 heavy (non-hydrogen) atoms. The standard InChI is InChI=1S/C10H11ClN2O/c1-6-13-9-4-7(5-12-2)3-8(11)10(9)14-6/h3-4,12H,5H2,1-2H3. The van der Waals surface area contributed by atoms with Crippen LogP contribution >= 0.6 is 11.6 Å². The van der Waals surface area contributed by atoms with Crippen LogP contribution < -0.4 is 5.32 Å². The second kappa shape index (κ2) is 3.59. The van der Waals surface area contributed by atoms with Crippen LogP contribution in [0.5, 0.6) is 0 Å². The zero-order valence-electron chi connectivity index (χ0n) is 8.10. The van der Waals surface area contributed by atoms with Gasteiger partial charge in [0.05, 0.1) is 5.02 Å². The van der Waals surface area contributed by atoms with E-state index in [0.29, 0.717) is 16.5 Å². The molecule has 0 aliphatic carbocycles. The van der Waals surface area contributed by atoms with Gasteiger partial charge in [0.15, 0.2) is 11.5 Å². The van der Waals surface area contributed by atoms with Crippen molar-refractivity contribution in [1.82, 2.24) is 10.3 Å². The molecule has 1 aromatic heterocycles. The Labute approximate surface area is 87.1 Å². The molecule has 0 bridgehead atoms. The van der Waals surface area contributed by atoms with Gasteiger partial charge in [-0.05, 0) is 24.7 Å². The van der Waals surface area contributed by atoms with E-state index in [1.807, 2.05) is 26.1 Å². The van der Waals surface area contributed by atoms with E-state index in [2.05, 4.69) is 10.3 Å². The van der Waals surface area contributed by atoms with E-state index >= 15 is 0 Å². The molecule has 0 aliphatic heterocycles. The number of oxazole rings is 1. The highest BCUT2D eigenvalue weighted by atomic mass is 35.5. The van der Waals surface area contributed by atoms with E-state index in [9.17, 15) is 0 Å². The Morgan fingerprint density at radius 1 is 1.50 bits per heavy atom. The van der Waals surface area contributed by atoms with Gasteiger partial charge in [0.2, 0.25) is 0 Å². The van der Waals surface area contributed by atoms with Gasteiger partial charge in [-0.3, -0.25) is 0 Å². The molecule has 0 aliphatic rings. The van der Waals surface area contributed by atoms with E-state index in [1.165, 1.54) is 0 Å². The Balaban J connectivity index is 2.59. The first-order valence-electron chi connectivity index (χ1n) is 4.41. The molecule has 0 saturated heterocycles. The molecule has 1 heterocycles. The fourth-order valence-corrected chi connectivity index (χ4v) is 1.74. The lowest BCUT2D eigenvalue weighted by Crippen LogP contribution is -2.04. The van der Waals surface area contributed by atoms with Crippen LogP contribution in [0.4, 0.5) is 0 Å². The third-order valence-corrected chi connectivity index (χ3v) is 2.27. The molecule has 0 unspecified atom stereocenters. The average Bonchev–Trinajstić information content (AvgIpc) is 2.47. The SMILES string of the molecule is CNCc1cc(Cl)c2oc(C)nc2c1. The van der Waals surface area contributed by atoms with E-state index in [-0.39, 0.29) is 0 Å². The Morgan fingerprint density at radius 3 is 3.00 bits per heavy atom. The summed E-state index contributed by atoms with van der Waals surface area (Å²) in [7, 11) is 1.89. The molecule has 0 amide bonds. The van der Waals surface area contributed by atoms with Crippen LogP contribution in [0.25, 0.3) is 11.1 Å². The van der Waals surface area contributed by atoms with Crippen LogP contribution in [-0.2, 0) is 6.54 Å². The van der Waals surface area contributed by atoms with Gasteiger partial charge in [-0.25, -0.2) is 4.98 Å². The summed E-state index contributed by atoms with van der Waals surface area (Å²) in [5.74, 6) is 0.642. The summed E-state index contributed by atoms with van der Waals surface area (Å²) in [6, 6.07) is 3.87. The minimum absolute atomic E-state index is 0.619. The fourth-order valence-electron chi connectivity index (χ4n) is 1.46. The van der Waals surface area contributed by atoms with Crippen LogP contribution in [0.15, 0.2) is 16.5 Å². The van der Waals surface area contributed by atoms with Crippen molar-refractivity contribution in [2.45, 2.75) is 13.5 Å². The number of aryl methyl sites for hydroxylation is 1. The van der Waals surface area contributed by atoms with Crippen molar-refractivity contribution in [2.24, 2.45) is 0 Å². The molecule has 0 radical (unpaired) electrons. The summed E-state index contributed by atoms with van der Waals surface area (Å²) in [6.07, 6.45) is 0. The van der Waals surface area contributed by atoms with Crippen LogP contribution in [0.3, 0.4) is 0 Å². The van der Waals surface area contributed by atoms with Crippen molar-refractivity contribution in [3.8, 4) is 0 Å². The first-order valence-corrected chi connectivity index (χ1v) is 4.78. The first kappa shape index (κ1) is 9.49. The van der Waals surface area contributed by atoms with E-state index in [0.717, 1.165) is 17.6 Å². The first-order chi connectivity index (χ1) is 6.70. The predicted octanol–water partition coefficient (Wildman–Crippen LogP) is 2.51. The maximum absolute atomic E-state index is 6.05. The van der Waals surface area contributed by atoms with Crippen LogP contribution in [0.2, 0.25) is 5.02 Å². The number of aromatic nitrogens is 1. The molecule has 0 spiro atoms. The lowest BCUT2D eigenvalue weighted by Gasteiger charge is -2.00. The molecule has 0 atom stereocenters. The van der Waals surface area contributed by atoms with E-state index < -0.39 is 0 Å². The monoisotopic (exact) mass is 210 g/mol. The van der Waals surface area contributed by atoms with Crippen LogP contribution in [-0.4, -0.2) is 12.0 Å². The molecule has 2 aromatic rings. The van der Waals surface area contributed by atoms with Crippen molar-refractivity contribution in [3.05, 3.63) is 28.6 Å². The van der Waals surface area contributed by atoms with Crippen LogP contribution in [0.1, 0.15) is 11.5 Å². The number of benzene rings is 1. The normalized spacial score (nSPS) is 11.1. The smallest absolute Gasteiger partial charge is 0.192 e. The largest absolute Gasteiger partial charge is 0.439 e. The minimum Gasteiger partial charge on any atom is -0.439 e. The lowest BCUT2D eigenvalue weighted by molar-refractivity contribution is 0.561. The van der Waals surface area contributed by atoms with Crippen molar-refractivity contribution in [2.75, 3.05) is 7.05 Å². The van der Waals surface area contributed by atoms with Gasteiger partial charge in [-0.2, -0.15) is 0 Å². The third kappa shape index (κ3) is 1.61. The second-order valence-electron chi connectivity index (χ2n) is 3.19. The van der Waals surface area contributed by atoms with Gasteiger partial charge in [0.1, 0.15) is 5.52 Å². The topological polar surface area (TPSA) is 38.1 Å². The van der Waals surface area contributed by atoms with Crippen molar-refractivity contribution in [1.29, 1.82) is 0 Å². The summed E-state index contributed by atoms with van der Waals surface area (Å²) < 4.78 is 5.37. The fraction of sp³-hybridized carbons (Fsp3) is 0.300. The number of halogens is 1. The predicted molar refractivity (Wildman–Crippen MR) is 56.5 cm³/mol. The number of nitrogens with one attached hydrogen (secondary N) is 1. The second-order valence-corrected chi connectivity index (χ2v) is 3.60. The molecule has 0 saturated carbocycles. The molecule has 1 aromatic carbocycles. The molecule has 0 fully saturated rings. The van der Waals surface area contributed by atoms with Crippen molar-refractivity contribution < 1.29 is 4.42 Å². The Kier molecular flexibility index (Phi) is 2.44. The Bertz CT molecular complexity index is 464. The molecule has 2 rings (SSSR count). The molecule has 3 nitrogen and oxygen atoms in total. The highest BCUT2D eigenvalue weighted by Crippen LogP contribution is 2.25. The average molecular weight is 211 g/mol. The van der Waals surface area contributed by atoms with E-state index in [4.69, 9.17) is 16.0 Å². The summed E-state index contributed by atoms with van der Waals surface area (Å²) in [5.41, 5.74) is 2.60. The molecule has 1 N–H and O–H groups in total. The summed E-state index contributed by atoms with van der Waals surface area (Å²) in [4.78, 5) is 4.24. The van der Waals surface area contributed by atoms with Gasteiger partial charge in [0.25, 0.3) is 0 Å². The quantitative estimate of drug-likeness (QED) is 0.828. The molecular weight excluding hydrogens is 200 g/mol. The number of rotatable bonds is 2. The number of hydrogen-bond donors (Lipinski definition) is 1. The zero-order valence-corrected chi connectivity index (χ0v) is 8.85. The summed E-state index contributed by atoms with van der Waals surface area (Å²) >= 11 is 6.05. The molecular formula is C10H11ClN2O. The van der Waals surface area contributed by atoms with Gasteiger partial charge >= 0.3 is 0 Å². The Hall–Kier alpha value is -1.06. The minimum atomic E-state index is 0.619. The zero-order chi connectivity index (χ0) is 10.1. The number of hydrogen-bond acceptors (Lipinski definition) is 3.